The number of hydrogen-bond acceptors (Lipinski definition) is 1. The fourth-order valence-electron chi connectivity index (χ4n) is 2.33. The van der Waals surface area contributed by atoms with Gasteiger partial charge in [-0.1, -0.05) is 67.9 Å². The molecule has 0 aromatic heterocycles. The predicted octanol–water partition coefficient (Wildman–Crippen LogP) is 3.72. The van der Waals surface area contributed by atoms with Gasteiger partial charge in [-0.3, -0.25) is 4.79 Å². The van der Waals surface area contributed by atoms with Gasteiger partial charge in [-0.2, -0.15) is 0 Å². The van der Waals surface area contributed by atoms with E-state index < -0.39 is 0 Å². The van der Waals surface area contributed by atoms with E-state index in [9.17, 15) is 4.79 Å². The van der Waals surface area contributed by atoms with Crippen molar-refractivity contribution >= 4 is 5.91 Å². The van der Waals surface area contributed by atoms with Gasteiger partial charge in [0, 0.05) is 0 Å². The summed E-state index contributed by atoms with van der Waals surface area (Å²) in [7, 11) is 0. The van der Waals surface area contributed by atoms with E-state index >= 15 is 0 Å². The number of hydrogen-bond donors (Lipinski definition) is 1. The summed E-state index contributed by atoms with van der Waals surface area (Å²) in [5.74, 6) is -0.430. The SMILES string of the molecule is CCCC(C(N)=O)c1cccc(-c2ccccc2)c1. The van der Waals surface area contributed by atoms with E-state index in [1.807, 2.05) is 30.3 Å². The van der Waals surface area contributed by atoms with Crippen molar-refractivity contribution in [2.45, 2.75) is 25.7 Å². The first-order valence-electron chi connectivity index (χ1n) is 6.67. The Balaban J connectivity index is 2.36. The minimum atomic E-state index is -0.243. The second-order valence-electron chi connectivity index (χ2n) is 4.74. The molecule has 0 aliphatic rings. The molecule has 0 radical (unpaired) electrons. The first kappa shape index (κ1) is 13.3. The van der Waals surface area contributed by atoms with E-state index in [-0.39, 0.29) is 11.8 Å². The summed E-state index contributed by atoms with van der Waals surface area (Å²) in [6, 6.07) is 18.3. The zero-order valence-corrected chi connectivity index (χ0v) is 11.2. The van der Waals surface area contributed by atoms with Crippen molar-refractivity contribution in [2.75, 3.05) is 0 Å². The first-order valence-corrected chi connectivity index (χ1v) is 6.67. The molecule has 0 saturated heterocycles. The van der Waals surface area contributed by atoms with E-state index in [1.54, 1.807) is 0 Å². The second kappa shape index (κ2) is 6.19. The first-order chi connectivity index (χ1) is 9.22. The van der Waals surface area contributed by atoms with Gasteiger partial charge in [-0.05, 0) is 23.1 Å². The molecule has 2 heteroatoms. The van der Waals surface area contributed by atoms with Gasteiger partial charge >= 0.3 is 0 Å². The number of rotatable bonds is 5. The Morgan fingerprint density at radius 3 is 2.37 bits per heavy atom. The van der Waals surface area contributed by atoms with Gasteiger partial charge in [-0.25, -0.2) is 0 Å². The normalized spacial score (nSPS) is 12.1. The quantitative estimate of drug-likeness (QED) is 0.867. The number of carbonyl (C=O) groups excluding carboxylic acids is 1. The maximum Gasteiger partial charge on any atom is 0.224 e. The predicted molar refractivity (Wildman–Crippen MR) is 78.7 cm³/mol. The van der Waals surface area contributed by atoms with E-state index in [0.717, 1.165) is 29.5 Å². The lowest BCUT2D eigenvalue weighted by molar-refractivity contribution is -0.119. The number of nitrogens with two attached hydrogens (primary N) is 1. The molecule has 1 unspecified atom stereocenters. The summed E-state index contributed by atoms with van der Waals surface area (Å²) in [4.78, 5) is 11.6. The monoisotopic (exact) mass is 253 g/mol. The maximum absolute atomic E-state index is 11.6. The van der Waals surface area contributed by atoms with Gasteiger partial charge in [0.15, 0.2) is 0 Å². The summed E-state index contributed by atoms with van der Waals surface area (Å²) in [5.41, 5.74) is 8.80. The van der Waals surface area contributed by atoms with Crippen molar-refractivity contribution in [1.29, 1.82) is 0 Å². The van der Waals surface area contributed by atoms with Gasteiger partial charge in [0.2, 0.25) is 5.91 Å². The topological polar surface area (TPSA) is 43.1 Å². The average molecular weight is 253 g/mol. The Kier molecular flexibility index (Phi) is 4.35. The van der Waals surface area contributed by atoms with Gasteiger partial charge in [-0.15, -0.1) is 0 Å². The molecule has 0 aliphatic heterocycles. The highest BCUT2D eigenvalue weighted by Gasteiger charge is 2.16. The van der Waals surface area contributed by atoms with Crippen LogP contribution in [0.3, 0.4) is 0 Å². The van der Waals surface area contributed by atoms with Crippen LogP contribution in [-0.4, -0.2) is 5.91 Å². The van der Waals surface area contributed by atoms with Crippen LogP contribution in [0, 0.1) is 0 Å². The van der Waals surface area contributed by atoms with Crippen LogP contribution in [-0.2, 0) is 4.79 Å². The highest BCUT2D eigenvalue weighted by Crippen LogP contribution is 2.26. The number of amides is 1. The summed E-state index contributed by atoms with van der Waals surface area (Å²) in [6.45, 7) is 2.07. The van der Waals surface area contributed by atoms with Crippen LogP contribution in [0.25, 0.3) is 11.1 Å². The lowest BCUT2D eigenvalue weighted by atomic mass is 9.91. The van der Waals surface area contributed by atoms with Crippen molar-refractivity contribution in [3.8, 4) is 11.1 Å². The lowest BCUT2D eigenvalue weighted by Crippen LogP contribution is -2.21. The second-order valence-corrected chi connectivity index (χ2v) is 4.74. The van der Waals surface area contributed by atoms with E-state index in [1.165, 1.54) is 0 Å². The largest absolute Gasteiger partial charge is 0.369 e. The molecular weight excluding hydrogens is 234 g/mol. The molecule has 0 fully saturated rings. The van der Waals surface area contributed by atoms with E-state index in [2.05, 4.69) is 31.2 Å². The van der Waals surface area contributed by atoms with Crippen LogP contribution in [0.2, 0.25) is 0 Å². The summed E-state index contributed by atoms with van der Waals surface area (Å²) < 4.78 is 0. The van der Waals surface area contributed by atoms with E-state index in [0.29, 0.717) is 0 Å². The zero-order valence-electron chi connectivity index (χ0n) is 11.2. The van der Waals surface area contributed by atoms with Gasteiger partial charge < -0.3 is 5.73 Å². The summed E-state index contributed by atoms with van der Waals surface area (Å²) >= 11 is 0. The molecule has 0 bridgehead atoms. The van der Waals surface area contributed by atoms with Crippen molar-refractivity contribution in [3.63, 3.8) is 0 Å². The fourth-order valence-corrected chi connectivity index (χ4v) is 2.33. The van der Waals surface area contributed by atoms with Gasteiger partial charge in [0.25, 0.3) is 0 Å². The molecule has 0 saturated carbocycles. The van der Waals surface area contributed by atoms with Crippen LogP contribution in [0.1, 0.15) is 31.2 Å². The summed E-state index contributed by atoms with van der Waals surface area (Å²) in [6.07, 6.45) is 1.75. The molecule has 2 aromatic rings. The highest BCUT2D eigenvalue weighted by molar-refractivity contribution is 5.82. The molecule has 2 N–H and O–H groups in total. The van der Waals surface area contributed by atoms with Crippen molar-refractivity contribution in [1.82, 2.24) is 0 Å². The third kappa shape index (κ3) is 3.22. The molecule has 2 aromatic carbocycles. The van der Waals surface area contributed by atoms with Crippen LogP contribution < -0.4 is 5.73 Å². The van der Waals surface area contributed by atoms with Crippen LogP contribution in [0.15, 0.2) is 54.6 Å². The maximum atomic E-state index is 11.6. The third-order valence-electron chi connectivity index (χ3n) is 3.32. The zero-order chi connectivity index (χ0) is 13.7. The Bertz CT molecular complexity index is 548. The minimum Gasteiger partial charge on any atom is -0.369 e. The Hall–Kier alpha value is -2.09. The molecule has 19 heavy (non-hydrogen) atoms. The summed E-state index contributed by atoms with van der Waals surface area (Å²) in [5, 5.41) is 0. The number of primary amides is 1. The Morgan fingerprint density at radius 1 is 1.05 bits per heavy atom. The molecule has 0 aliphatic carbocycles. The molecule has 0 spiro atoms. The number of benzene rings is 2. The third-order valence-corrected chi connectivity index (χ3v) is 3.32. The van der Waals surface area contributed by atoms with Crippen molar-refractivity contribution < 1.29 is 4.79 Å². The Labute approximate surface area is 114 Å². The smallest absolute Gasteiger partial charge is 0.224 e. The van der Waals surface area contributed by atoms with Crippen LogP contribution in [0.4, 0.5) is 0 Å². The highest BCUT2D eigenvalue weighted by atomic mass is 16.1. The standard InChI is InChI=1S/C17H19NO/c1-2-7-16(17(18)19)15-11-6-10-14(12-15)13-8-4-3-5-9-13/h3-6,8-12,16H,2,7H2,1H3,(H2,18,19). The number of carbonyl (C=O) groups is 1. The van der Waals surface area contributed by atoms with E-state index in [4.69, 9.17) is 5.73 Å². The molecular formula is C17H19NO. The van der Waals surface area contributed by atoms with Crippen LogP contribution >= 0.6 is 0 Å². The molecule has 1 amide bonds. The fraction of sp³-hybridized carbons (Fsp3) is 0.235. The van der Waals surface area contributed by atoms with Crippen molar-refractivity contribution in [3.05, 3.63) is 60.2 Å². The van der Waals surface area contributed by atoms with Gasteiger partial charge in [0.1, 0.15) is 0 Å². The van der Waals surface area contributed by atoms with Crippen LogP contribution in [0.5, 0.6) is 0 Å². The average Bonchev–Trinajstić information content (AvgIpc) is 2.45. The Morgan fingerprint density at radius 2 is 1.74 bits per heavy atom. The van der Waals surface area contributed by atoms with Gasteiger partial charge in [0.05, 0.1) is 5.92 Å². The van der Waals surface area contributed by atoms with Crippen molar-refractivity contribution in [2.24, 2.45) is 5.73 Å². The lowest BCUT2D eigenvalue weighted by Gasteiger charge is -2.14. The molecule has 1 atom stereocenters. The molecule has 98 valence electrons. The molecule has 2 nitrogen and oxygen atoms in total. The molecule has 0 heterocycles. The minimum absolute atomic E-state index is 0.186. The molecule has 2 rings (SSSR count).